The van der Waals surface area contributed by atoms with E-state index in [4.69, 9.17) is 11.6 Å². The lowest BCUT2D eigenvalue weighted by Crippen LogP contribution is -1.90. The Bertz CT molecular complexity index is 777. The van der Waals surface area contributed by atoms with Gasteiger partial charge < -0.3 is 4.98 Å². The van der Waals surface area contributed by atoms with E-state index in [1.54, 1.807) is 19.1 Å². The molecule has 0 saturated heterocycles. The summed E-state index contributed by atoms with van der Waals surface area (Å²) in [6, 6.07) is 7.51. The van der Waals surface area contributed by atoms with Gasteiger partial charge in [0.15, 0.2) is 11.0 Å². The van der Waals surface area contributed by atoms with E-state index in [0.717, 1.165) is 11.8 Å². The number of imidazole rings is 1. The predicted molar refractivity (Wildman–Crippen MR) is 76.9 cm³/mol. The summed E-state index contributed by atoms with van der Waals surface area (Å²) in [5.41, 5.74) is 1.91. The van der Waals surface area contributed by atoms with E-state index in [9.17, 15) is 8.78 Å². The van der Waals surface area contributed by atoms with Crippen LogP contribution in [-0.2, 0) is 0 Å². The van der Waals surface area contributed by atoms with Crippen LogP contribution in [0.4, 0.5) is 8.78 Å². The highest BCUT2D eigenvalue weighted by Gasteiger charge is 2.17. The van der Waals surface area contributed by atoms with Crippen molar-refractivity contribution in [2.24, 2.45) is 0 Å². The van der Waals surface area contributed by atoms with Crippen molar-refractivity contribution in [2.45, 2.75) is 6.92 Å². The van der Waals surface area contributed by atoms with E-state index in [-0.39, 0.29) is 11.0 Å². The van der Waals surface area contributed by atoms with Gasteiger partial charge in [-0.05, 0) is 30.7 Å². The molecule has 0 saturated carbocycles. The Labute approximate surface area is 124 Å². The van der Waals surface area contributed by atoms with Crippen LogP contribution in [0.1, 0.15) is 5.56 Å². The Balaban J connectivity index is 2.12. The predicted octanol–water partition coefficient (Wildman–Crippen LogP) is 4.38. The molecule has 3 rings (SSSR count). The molecule has 0 aliphatic heterocycles. The molecule has 2 aromatic heterocycles. The topological polar surface area (TPSA) is 41.6 Å². The monoisotopic (exact) mass is 305 g/mol. The Hall–Kier alpha value is -2.27. The number of benzene rings is 1. The first-order valence-corrected chi connectivity index (χ1v) is 6.57. The van der Waals surface area contributed by atoms with Gasteiger partial charge in [0.2, 0.25) is 0 Å². The van der Waals surface area contributed by atoms with E-state index >= 15 is 0 Å². The maximum Gasteiger partial charge on any atom is 0.158 e. The highest BCUT2D eigenvalue weighted by atomic mass is 35.5. The summed E-state index contributed by atoms with van der Waals surface area (Å²) in [5, 5.41) is 0.143. The van der Waals surface area contributed by atoms with E-state index < -0.39 is 5.82 Å². The quantitative estimate of drug-likeness (QED) is 0.763. The minimum absolute atomic E-state index is 0.143. The molecule has 0 unspecified atom stereocenters. The van der Waals surface area contributed by atoms with E-state index in [1.807, 2.05) is 0 Å². The molecule has 3 aromatic rings. The van der Waals surface area contributed by atoms with Crippen LogP contribution in [0.2, 0.25) is 5.15 Å². The molecule has 0 fully saturated rings. The SMILES string of the molecule is Cc1cccc(F)c1-c1[nH]c(-c2ccc(F)cn2)nc1Cl. The van der Waals surface area contributed by atoms with Crippen molar-refractivity contribution in [3.63, 3.8) is 0 Å². The van der Waals surface area contributed by atoms with Crippen LogP contribution in [0, 0.1) is 18.6 Å². The van der Waals surface area contributed by atoms with Crippen LogP contribution >= 0.6 is 11.6 Å². The molecular formula is C15H10ClF2N3. The molecule has 0 bridgehead atoms. The number of rotatable bonds is 2. The fourth-order valence-corrected chi connectivity index (χ4v) is 2.33. The van der Waals surface area contributed by atoms with Crippen molar-refractivity contribution in [2.75, 3.05) is 0 Å². The summed E-state index contributed by atoms with van der Waals surface area (Å²) in [7, 11) is 0. The average Bonchev–Trinajstić information content (AvgIpc) is 2.81. The molecule has 3 nitrogen and oxygen atoms in total. The smallest absolute Gasteiger partial charge is 0.158 e. The first-order chi connectivity index (χ1) is 10.1. The average molecular weight is 306 g/mol. The highest BCUT2D eigenvalue weighted by molar-refractivity contribution is 6.32. The van der Waals surface area contributed by atoms with E-state index in [0.29, 0.717) is 22.8 Å². The summed E-state index contributed by atoms with van der Waals surface area (Å²) in [6.45, 7) is 1.78. The summed E-state index contributed by atoms with van der Waals surface area (Å²) >= 11 is 6.09. The molecule has 106 valence electrons. The second-order valence-corrected chi connectivity index (χ2v) is 4.90. The van der Waals surface area contributed by atoms with Gasteiger partial charge in [0.25, 0.3) is 0 Å². The number of nitrogens with one attached hydrogen (secondary N) is 1. The van der Waals surface area contributed by atoms with Crippen molar-refractivity contribution in [3.05, 3.63) is 58.9 Å². The summed E-state index contributed by atoms with van der Waals surface area (Å²) in [5.74, 6) is -0.474. The van der Waals surface area contributed by atoms with Gasteiger partial charge in [-0.2, -0.15) is 0 Å². The van der Waals surface area contributed by atoms with Crippen LogP contribution in [0.15, 0.2) is 36.5 Å². The molecule has 2 heterocycles. The number of nitrogens with zero attached hydrogens (tertiary/aromatic N) is 2. The summed E-state index contributed by atoms with van der Waals surface area (Å²) < 4.78 is 26.9. The van der Waals surface area contributed by atoms with Crippen molar-refractivity contribution in [1.82, 2.24) is 15.0 Å². The van der Waals surface area contributed by atoms with Crippen LogP contribution in [-0.4, -0.2) is 15.0 Å². The van der Waals surface area contributed by atoms with Crippen LogP contribution in [0.5, 0.6) is 0 Å². The van der Waals surface area contributed by atoms with Gasteiger partial charge >= 0.3 is 0 Å². The van der Waals surface area contributed by atoms with E-state index in [2.05, 4.69) is 15.0 Å². The number of pyridine rings is 1. The van der Waals surface area contributed by atoms with Crippen molar-refractivity contribution >= 4 is 11.6 Å². The minimum atomic E-state index is -0.443. The lowest BCUT2D eigenvalue weighted by atomic mass is 10.1. The zero-order valence-corrected chi connectivity index (χ0v) is 11.7. The molecule has 1 aromatic carbocycles. The molecule has 6 heteroatoms. The number of hydrogen-bond acceptors (Lipinski definition) is 2. The molecular weight excluding hydrogens is 296 g/mol. The molecule has 0 atom stereocenters. The van der Waals surface area contributed by atoms with Gasteiger partial charge in [0.05, 0.1) is 11.9 Å². The standard InChI is InChI=1S/C15H10ClF2N3/c1-8-3-2-4-10(18)12(8)13-14(16)21-15(20-13)11-6-5-9(17)7-19-11/h2-7H,1H3,(H,20,21). The van der Waals surface area contributed by atoms with Gasteiger partial charge in [-0.3, -0.25) is 0 Å². The lowest BCUT2D eigenvalue weighted by molar-refractivity contribution is 0.621. The second-order valence-electron chi connectivity index (χ2n) is 4.54. The van der Waals surface area contributed by atoms with Crippen LogP contribution in [0.25, 0.3) is 22.8 Å². The maximum atomic E-state index is 14.0. The van der Waals surface area contributed by atoms with Crippen molar-refractivity contribution in [1.29, 1.82) is 0 Å². The number of halogens is 3. The zero-order valence-electron chi connectivity index (χ0n) is 11.0. The fraction of sp³-hybridized carbons (Fsp3) is 0.0667. The third kappa shape index (κ3) is 2.52. The van der Waals surface area contributed by atoms with Crippen molar-refractivity contribution in [3.8, 4) is 22.8 Å². The molecule has 0 spiro atoms. The first-order valence-electron chi connectivity index (χ1n) is 6.19. The number of aryl methyl sites for hydroxylation is 1. The summed E-state index contributed by atoms with van der Waals surface area (Å²) in [4.78, 5) is 11.0. The molecule has 1 N–H and O–H groups in total. The third-order valence-electron chi connectivity index (χ3n) is 3.10. The largest absolute Gasteiger partial charge is 0.335 e. The molecule has 0 aliphatic rings. The second kappa shape index (κ2) is 5.26. The highest BCUT2D eigenvalue weighted by Crippen LogP contribution is 2.32. The van der Waals surface area contributed by atoms with E-state index in [1.165, 1.54) is 18.2 Å². The number of hydrogen-bond donors (Lipinski definition) is 1. The molecule has 21 heavy (non-hydrogen) atoms. The maximum absolute atomic E-state index is 14.0. The third-order valence-corrected chi connectivity index (χ3v) is 3.38. The minimum Gasteiger partial charge on any atom is -0.335 e. The summed E-state index contributed by atoms with van der Waals surface area (Å²) in [6.07, 6.45) is 1.08. The van der Waals surface area contributed by atoms with Gasteiger partial charge in [-0.25, -0.2) is 18.7 Å². The van der Waals surface area contributed by atoms with Crippen LogP contribution in [0.3, 0.4) is 0 Å². The van der Waals surface area contributed by atoms with Gasteiger partial charge in [-0.15, -0.1) is 0 Å². The Morgan fingerprint density at radius 2 is 1.95 bits per heavy atom. The van der Waals surface area contributed by atoms with Crippen LogP contribution < -0.4 is 0 Å². The lowest BCUT2D eigenvalue weighted by Gasteiger charge is -2.05. The Morgan fingerprint density at radius 1 is 1.14 bits per heavy atom. The Morgan fingerprint density at radius 3 is 2.62 bits per heavy atom. The Kier molecular flexibility index (Phi) is 3.43. The zero-order chi connectivity index (χ0) is 15.0. The number of aromatic amines is 1. The molecule has 0 radical (unpaired) electrons. The molecule has 0 aliphatic carbocycles. The fourth-order valence-electron chi connectivity index (χ4n) is 2.10. The first kappa shape index (κ1) is 13.7. The molecule has 0 amide bonds. The number of H-pyrrole nitrogens is 1. The van der Waals surface area contributed by atoms with Crippen molar-refractivity contribution < 1.29 is 8.78 Å². The normalized spacial score (nSPS) is 10.9. The van der Waals surface area contributed by atoms with Gasteiger partial charge in [0.1, 0.15) is 17.3 Å². The van der Waals surface area contributed by atoms with Gasteiger partial charge in [-0.1, -0.05) is 23.7 Å². The number of aromatic nitrogens is 3. The van der Waals surface area contributed by atoms with Gasteiger partial charge in [0, 0.05) is 5.56 Å².